The van der Waals surface area contributed by atoms with Crippen molar-refractivity contribution in [2.75, 3.05) is 11.9 Å². The molecule has 0 aliphatic heterocycles. The number of amides is 1. The fraction of sp³-hybridized carbons (Fsp3) is 0.480. The Morgan fingerprint density at radius 3 is 2.09 bits per heavy atom. The molecular formula is C25H40N6O2. The zero-order chi connectivity index (χ0) is 25.7. The normalized spacial score (nSPS) is 11.9. The Morgan fingerprint density at radius 2 is 1.73 bits per heavy atom. The van der Waals surface area contributed by atoms with Crippen molar-refractivity contribution in [3.05, 3.63) is 60.5 Å². The first-order chi connectivity index (χ1) is 15.9. The second kappa shape index (κ2) is 19.4. The lowest BCUT2D eigenvalue weighted by molar-refractivity contribution is -0.143. The second-order valence-corrected chi connectivity index (χ2v) is 6.12. The monoisotopic (exact) mass is 456 g/mol. The Morgan fingerprint density at radius 1 is 1.15 bits per heavy atom. The summed E-state index contributed by atoms with van der Waals surface area (Å²) in [6.45, 7) is 17.5. The average molecular weight is 457 g/mol. The Kier molecular flexibility index (Phi) is 18.7. The van der Waals surface area contributed by atoms with Crippen LogP contribution in [0, 0.1) is 11.3 Å². The molecule has 0 unspecified atom stereocenters. The van der Waals surface area contributed by atoms with Gasteiger partial charge in [-0.25, -0.2) is 15.0 Å². The van der Waals surface area contributed by atoms with Crippen molar-refractivity contribution in [3.8, 4) is 6.07 Å². The molecule has 33 heavy (non-hydrogen) atoms. The molecule has 8 nitrogen and oxygen atoms in total. The van der Waals surface area contributed by atoms with Crippen LogP contribution in [-0.2, 0) is 15.1 Å². The summed E-state index contributed by atoms with van der Waals surface area (Å²) in [4.78, 5) is 23.0. The maximum absolute atomic E-state index is 10.7. The van der Waals surface area contributed by atoms with Crippen molar-refractivity contribution >= 4 is 11.7 Å². The lowest BCUT2D eigenvalue weighted by Crippen LogP contribution is -2.41. The molecule has 1 aliphatic carbocycles. The van der Waals surface area contributed by atoms with Crippen molar-refractivity contribution in [3.63, 3.8) is 0 Å². The van der Waals surface area contributed by atoms with Crippen LogP contribution < -0.4 is 11.1 Å². The number of anilines is 1. The van der Waals surface area contributed by atoms with Gasteiger partial charge in [-0.2, -0.15) is 5.26 Å². The summed E-state index contributed by atoms with van der Waals surface area (Å²) < 4.78 is 5.51. The van der Waals surface area contributed by atoms with Crippen LogP contribution in [0.4, 0.5) is 5.82 Å². The van der Waals surface area contributed by atoms with Gasteiger partial charge >= 0.3 is 0 Å². The zero-order valence-electron chi connectivity index (χ0n) is 21.2. The molecule has 0 atom stereocenters. The smallest absolute Gasteiger partial charge is 0.243 e. The molecule has 0 spiro atoms. The fourth-order valence-corrected chi connectivity index (χ4v) is 2.43. The van der Waals surface area contributed by atoms with Gasteiger partial charge < -0.3 is 15.8 Å². The quantitative estimate of drug-likeness (QED) is 0.601. The minimum absolute atomic E-state index is 0.0712. The summed E-state index contributed by atoms with van der Waals surface area (Å²) in [5.41, 5.74) is 5.96. The molecular weight excluding hydrogens is 416 g/mol. The highest BCUT2D eigenvalue weighted by Gasteiger charge is 2.42. The van der Waals surface area contributed by atoms with E-state index in [0.29, 0.717) is 17.2 Å². The number of aromatic nitrogens is 3. The molecule has 2 aromatic heterocycles. The maximum atomic E-state index is 10.7. The highest BCUT2D eigenvalue weighted by atomic mass is 16.5. The summed E-state index contributed by atoms with van der Waals surface area (Å²) in [6, 6.07) is 7.20. The van der Waals surface area contributed by atoms with Gasteiger partial charge in [0.25, 0.3) is 0 Å². The number of carbonyl (C=O) groups excluding carboxylic acids is 1. The van der Waals surface area contributed by atoms with Gasteiger partial charge in [-0.05, 0) is 44.4 Å². The highest BCUT2D eigenvalue weighted by Crippen LogP contribution is 2.42. The second-order valence-electron chi connectivity index (χ2n) is 6.12. The molecule has 1 saturated carbocycles. The molecule has 3 N–H and O–H groups in total. The summed E-state index contributed by atoms with van der Waals surface area (Å²) >= 11 is 0. The highest BCUT2D eigenvalue weighted by molar-refractivity contribution is 5.75. The van der Waals surface area contributed by atoms with Crippen LogP contribution in [0.15, 0.2) is 49.1 Å². The third kappa shape index (κ3) is 12.3. The van der Waals surface area contributed by atoms with E-state index in [-0.39, 0.29) is 6.61 Å². The van der Waals surface area contributed by atoms with Crippen molar-refractivity contribution in [2.45, 2.75) is 73.3 Å². The van der Waals surface area contributed by atoms with Crippen LogP contribution in [0.3, 0.4) is 0 Å². The number of hydrogen-bond donors (Lipinski definition) is 2. The first-order valence-corrected chi connectivity index (χ1v) is 11.4. The number of nitriles is 1. The van der Waals surface area contributed by atoms with Crippen LogP contribution in [0.25, 0.3) is 0 Å². The Bertz CT molecular complexity index is 813. The van der Waals surface area contributed by atoms with E-state index in [2.05, 4.69) is 26.8 Å². The average Bonchev–Trinajstić information content (AvgIpc) is 2.83. The minimum atomic E-state index is -0.476. The molecule has 3 rings (SSSR count). The fourth-order valence-electron chi connectivity index (χ4n) is 2.43. The number of nitrogens with zero attached hydrogens (tertiary/aromatic N) is 4. The van der Waals surface area contributed by atoms with E-state index < -0.39 is 11.5 Å². The number of carbonyl (C=O) groups is 1. The number of nitrogens with one attached hydrogen (secondary N) is 1. The number of primary amides is 1. The first-order valence-electron chi connectivity index (χ1n) is 11.4. The number of allylic oxidation sites excluding steroid dienone is 1. The molecule has 0 radical (unpaired) electrons. The summed E-state index contributed by atoms with van der Waals surface area (Å²) in [5.74, 6) is 0.899. The Labute approximate surface area is 199 Å². The molecule has 0 saturated heterocycles. The van der Waals surface area contributed by atoms with Gasteiger partial charge in [0.05, 0.1) is 5.56 Å². The first kappa shape index (κ1) is 31.9. The van der Waals surface area contributed by atoms with E-state index in [1.165, 1.54) is 6.20 Å². The predicted octanol–water partition coefficient (Wildman–Crippen LogP) is 5.34. The third-order valence-corrected chi connectivity index (χ3v) is 3.86. The lowest BCUT2D eigenvalue weighted by atomic mass is 9.79. The Hall–Kier alpha value is -3.31. The van der Waals surface area contributed by atoms with Crippen LogP contribution in [0.1, 0.15) is 79.1 Å². The lowest BCUT2D eigenvalue weighted by Gasteiger charge is -2.39. The van der Waals surface area contributed by atoms with Crippen molar-refractivity contribution in [2.24, 2.45) is 5.73 Å². The SMILES string of the molecule is C=C(C)Nc1ccc(C#N)cn1.CC.CC.CC.NC(=O)COC1(c2ncccn2)CCC1. The van der Waals surface area contributed by atoms with E-state index in [1.54, 1.807) is 30.6 Å². The van der Waals surface area contributed by atoms with Crippen LogP contribution in [-0.4, -0.2) is 27.5 Å². The van der Waals surface area contributed by atoms with Gasteiger partial charge in [0.15, 0.2) is 5.82 Å². The molecule has 1 amide bonds. The minimum Gasteiger partial charge on any atom is -0.368 e. The van der Waals surface area contributed by atoms with Gasteiger partial charge in [-0.1, -0.05) is 48.1 Å². The molecule has 0 aromatic carbocycles. The molecule has 182 valence electrons. The van der Waals surface area contributed by atoms with Crippen LogP contribution in [0.2, 0.25) is 0 Å². The third-order valence-electron chi connectivity index (χ3n) is 3.86. The summed E-state index contributed by atoms with van der Waals surface area (Å²) in [6.07, 6.45) is 7.64. The topological polar surface area (TPSA) is 127 Å². The van der Waals surface area contributed by atoms with Gasteiger partial charge in [0.1, 0.15) is 24.1 Å². The number of hydrogen-bond acceptors (Lipinski definition) is 7. The number of pyridine rings is 1. The maximum Gasteiger partial charge on any atom is 0.243 e. The van der Waals surface area contributed by atoms with Gasteiger partial charge in [-0.15, -0.1) is 0 Å². The molecule has 8 heteroatoms. The van der Waals surface area contributed by atoms with Crippen molar-refractivity contribution in [1.29, 1.82) is 5.26 Å². The van der Waals surface area contributed by atoms with Gasteiger partial charge in [0, 0.05) is 24.3 Å². The summed E-state index contributed by atoms with van der Waals surface area (Å²) in [5, 5.41) is 11.4. The van der Waals surface area contributed by atoms with Crippen LogP contribution in [0.5, 0.6) is 0 Å². The summed E-state index contributed by atoms with van der Waals surface area (Å²) in [7, 11) is 0. The standard InChI is InChI=1S/C10H13N3O2.C9H9N3.3C2H6/c11-8(14)7-15-10(3-1-4-10)9-12-5-2-6-13-9;1-7(2)12-9-4-3-8(5-10)6-11-9;3*1-2/h2,5-6H,1,3-4,7H2,(H2,11,14);3-4,6H,1H2,2H3,(H,11,12);3*1-2H3. The largest absolute Gasteiger partial charge is 0.368 e. The number of ether oxygens (including phenoxy) is 1. The molecule has 2 aromatic rings. The van der Waals surface area contributed by atoms with Crippen molar-refractivity contribution < 1.29 is 9.53 Å². The van der Waals surface area contributed by atoms with E-state index in [1.807, 2.05) is 54.5 Å². The van der Waals surface area contributed by atoms with E-state index in [9.17, 15) is 4.79 Å². The molecule has 2 heterocycles. The Balaban J connectivity index is 0. The predicted molar refractivity (Wildman–Crippen MR) is 134 cm³/mol. The number of rotatable bonds is 6. The molecule has 0 bridgehead atoms. The van der Waals surface area contributed by atoms with E-state index in [4.69, 9.17) is 15.7 Å². The number of nitrogens with two attached hydrogens (primary N) is 1. The van der Waals surface area contributed by atoms with Gasteiger partial charge in [-0.3, -0.25) is 4.79 Å². The zero-order valence-corrected chi connectivity index (χ0v) is 21.2. The van der Waals surface area contributed by atoms with E-state index >= 15 is 0 Å². The van der Waals surface area contributed by atoms with E-state index in [0.717, 1.165) is 25.0 Å². The van der Waals surface area contributed by atoms with Crippen LogP contribution >= 0.6 is 0 Å². The molecule has 1 aliphatic rings. The van der Waals surface area contributed by atoms with Gasteiger partial charge in [0.2, 0.25) is 5.91 Å². The molecule has 1 fully saturated rings. The van der Waals surface area contributed by atoms with Crippen molar-refractivity contribution in [1.82, 2.24) is 15.0 Å².